The number of carbonyl (C=O) groups excluding carboxylic acids is 1. The highest BCUT2D eigenvalue weighted by molar-refractivity contribution is 7.99. The first-order valence-corrected chi connectivity index (χ1v) is 8.36. The minimum atomic E-state index is -0.110. The van der Waals surface area contributed by atoms with Crippen molar-refractivity contribution in [1.82, 2.24) is 4.90 Å². The third-order valence-electron chi connectivity index (χ3n) is 4.19. The van der Waals surface area contributed by atoms with Gasteiger partial charge in [-0.05, 0) is 23.7 Å². The zero-order valence-electron chi connectivity index (χ0n) is 12.9. The highest BCUT2D eigenvalue weighted by atomic mass is 35.5. The minimum absolute atomic E-state index is 0. The molecule has 2 rings (SSSR count). The summed E-state index contributed by atoms with van der Waals surface area (Å²) < 4.78 is 0. The number of hydrogen-bond donors (Lipinski definition) is 1. The predicted octanol–water partition coefficient (Wildman–Crippen LogP) is 3.10. The lowest BCUT2D eigenvalue weighted by molar-refractivity contribution is -0.134. The molecule has 0 aromatic heterocycles. The first kappa shape index (κ1) is 18.3. The first-order valence-electron chi connectivity index (χ1n) is 7.08. The summed E-state index contributed by atoms with van der Waals surface area (Å²) in [6.07, 6.45) is 2.88. The fourth-order valence-corrected chi connectivity index (χ4v) is 3.52. The summed E-state index contributed by atoms with van der Waals surface area (Å²) in [5.74, 6) is 0.212. The van der Waals surface area contributed by atoms with Crippen LogP contribution in [-0.2, 0) is 4.79 Å². The smallest absolute Gasteiger partial charge is 0.240 e. The third-order valence-corrected chi connectivity index (χ3v) is 5.13. The molecule has 21 heavy (non-hydrogen) atoms. The SMILES string of the molecule is CSC(C(=O)N1CCC(N)C(C)(C)C1)c1ccccc1.Cl. The number of thioether (sulfide) groups is 1. The van der Waals surface area contributed by atoms with Crippen molar-refractivity contribution in [2.75, 3.05) is 19.3 Å². The average Bonchev–Trinajstić information content (AvgIpc) is 2.43. The zero-order valence-corrected chi connectivity index (χ0v) is 14.5. The van der Waals surface area contributed by atoms with Crippen LogP contribution in [0, 0.1) is 5.41 Å². The fraction of sp³-hybridized carbons (Fsp3) is 0.562. The Morgan fingerprint density at radius 2 is 2.00 bits per heavy atom. The summed E-state index contributed by atoms with van der Waals surface area (Å²) in [5.41, 5.74) is 7.23. The van der Waals surface area contributed by atoms with Gasteiger partial charge in [0.25, 0.3) is 0 Å². The van der Waals surface area contributed by atoms with Crippen LogP contribution in [-0.4, -0.2) is 36.2 Å². The second kappa shape index (κ2) is 7.52. The second-order valence-corrected chi connectivity index (χ2v) is 7.11. The first-order chi connectivity index (χ1) is 9.45. The van der Waals surface area contributed by atoms with Crippen molar-refractivity contribution in [2.45, 2.75) is 31.6 Å². The molecule has 0 aliphatic carbocycles. The number of benzene rings is 1. The Labute approximate surface area is 138 Å². The monoisotopic (exact) mass is 328 g/mol. The van der Waals surface area contributed by atoms with Crippen molar-refractivity contribution < 1.29 is 4.79 Å². The lowest BCUT2D eigenvalue weighted by atomic mass is 9.79. The minimum Gasteiger partial charge on any atom is -0.341 e. The van der Waals surface area contributed by atoms with Gasteiger partial charge in [0.2, 0.25) is 5.91 Å². The second-order valence-electron chi connectivity index (χ2n) is 6.17. The Kier molecular flexibility index (Phi) is 6.57. The fourth-order valence-electron chi connectivity index (χ4n) is 2.74. The van der Waals surface area contributed by atoms with Crippen molar-refractivity contribution in [3.63, 3.8) is 0 Å². The average molecular weight is 329 g/mol. The number of carbonyl (C=O) groups is 1. The lowest BCUT2D eigenvalue weighted by Gasteiger charge is -2.43. The summed E-state index contributed by atoms with van der Waals surface area (Å²) in [6, 6.07) is 10.2. The van der Waals surface area contributed by atoms with Gasteiger partial charge in [-0.15, -0.1) is 24.2 Å². The number of likely N-dealkylation sites (tertiary alicyclic amines) is 1. The van der Waals surface area contributed by atoms with Gasteiger partial charge < -0.3 is 10.6 Å². The molecule has 1 aromatic rings. The van der Waals surface area contributed by atoms with Crippen LogP contribution in [0.1, 0.15) is 31.1 Å². The van der Waals surface area contributed by atoms with E-state index in [0.717, 1.165) is 25.1 Å². The van der Waals surface area contributed by atoms with E-state index in [0.29, 0.717) is 0 Å². The van der Waals surface area contributed by atoms with E-state index >= 15 is 0 Å². The topological polar surface area (TPSA) is 46.3 Å². The normalized spacial score (nSPS) is 22.3. The Bertz CT molecular complexity index is 467. The molecule has 1 fully saturated rings. The molecule has 3 nitrogen and oxygen atoms in total. The van der Waals surface area contributed by atoms with Crippen LogP contribution >= 0.6 is 24.2 Å². The Morgan fingerprint density at radius 3 is 2.52 bits per heavy atom. The van der Waals surface area contributed by atoms with E-state index in [1.807, 2.05) is 41.5 Å². The van der Waals surface area contributed by atoms with Crippen LogP contribution in [0.15, 0.2) is 30.3 Å². The van der Waals surface area contributed by atoms with Gasteiger partial charge in [-0.25, -0.2) is 0 Å². The molecule has 1 amide bonds. The van der Waals surface area contributed by atoms with E-state index in [1.54, 1.807) is 11.8 Å². The largest absolute Gasteiger partial charge is 0.341 e. The molecule has 118 valence electrons. The molecule has 0 saturated carbocycles. The van der Waals surface area contributed by atoms with Crippen molar-refractivity contribution in [1.29, 1.82) is 0 Å². The molecule has 0 radical (unpaired) electrons. The Hall–Kier alpha value is -0.710. The number of piperidine rings is 1. The van der Waals surface area contributed by atoms with Crippen molar-refractivity contribution >= 4 is 30.1 Å². The van der Waals surface area contributed by atoms with E-state index in [1.165, 1.54) is 0 Å². The summed E-state index contributed by atoms with van der Waals surface area (Å²) >= 11 is 1.60. The molecule has 1 heterocycles. The Balaban J connectivity index is 0.00000220. The van der Waals surface area contributed by atoms with Crippen LogP contribution in [0.4, 0.5) is 0 Å². The van der Waals surface area contributed by atoms with Gasteiger partial charge in [0, 0.05) is 19.1 Å². The van der Waals surface area contributed by atoms with E-state index in [4.69, 9.17) is 5.73 Å². The summed E-state index contributed by atoms with van der Waals surface area (Å²) in [6.45, 7) is 5.81. The van der Waals surface area contributed by atoms with Crippen LogP contribution in [0.3, 0.4) is 0 Å². The number of nitrogens with zero attached hydrogens (tertiary/aromatic N) is 1. The third kappa shape index (κ3) is 4.15. The van der Waals surface area contributed by atoms with Crippen LogP contribution in [0.5, 0.6) is 0 Å². The maximum atomic E-state index is 12.8. The quantitative estimate of drug-likeness (QED) is 0.927. The van der Waals surface area contributed by atoms with Crippen LogP contribution in [0.25, 0.3) is 0 Å². The van der Waals surface area contributed by atoms with Crippen LogP contribution in [0.2, 0.25) is 0 Å². The van der Waals surface area contributed by atoms with Gasteiger partial charge in [0.05, 0.1) is 0 Å². The molecule has 0 spiro atoms. The molecule has 2 N–H and O–H groups in total. The standard InChI is InChI=1S/C16H24N2OS.ClH/c1-16(2)11-18(10-9-13(16)17)15(19)14(20-3)12-7-5-4-6-8-12;/h4-8,13-14H,9-11,17H2,1-3H3;1H. The van der Waals surface area contributed by atoms with Gasteiger partial charge in [0.15, 0.2) is 0 Å². The van der Waals surface area contributed by atoms with E-state index in [9.17, 15) is 4.79 Å². The predicted molar refractivity (Wildman–Crippen MR) is 92.9 cm³/mol. The molecule has 2 unspecified atom stereocenters. The molecule has 5 heteroatoms. The van der Waals surface area contributed by atoms with Gasteiger partial charge in [-0.3, -0.25) is 4.79 Å². The Morgan fingerprint density at radius 1 is 1.38 bits per heavy atom. The van der Waals surface area contributed by atoms with E-state index < -0.39 is 0 Å². The molecule has 2 atom stereocenters. The molecular formula is C16H25ClN2OS. The highest BCUT2D eigenvalue weighted by Crippen LogP contribution is 2.33. The number of nitrogens with two attached hydrogens (primary N) is 1. The number of amides is 1. The maximum absolute atomic E-state index is 12.8. The number of rotatable bonds is 3. The highest BCUT2D eigenvalue weighted by Gasteiger charge is 2.37. The number of halogens is 1. The molecule has 1 aliphatic heterocycles. The van der Waals surface area contributed by atoms with E-state index in [2.05, 4.69) is 13.8 Å². The van der Waals surface area contributed by atoms with Gasteiger partial charge in [-0.1, -0.05) is 44.2 Å². The van der Waals surface area contributed by atoms with Gasteiger partial charge in [-0.2, -0.15) is 0 Å². The van der Waals surface area contributed by atoms with Crippen LogP contribution < -0.4 is 5.73 Å². The van der Waals surface area contributed by atoms with Gasteiger partial charge >= 0.3 is 0 Å². The summed E-state index contributed by atoms with van der Waals surface area (Å²) in [7, 11) is 0. The lowest BCUT2D eigenvalue weighted by Crippen LogP contribution is -2.54. The van der Waals surface area contributed by atoms with Gasteiger partial charge in [0.1, 0.15) is 5.25 Å². The van der Waals surface area contributed by atoms with Crippen molar-refractivity contribution in [3.8, 4) is 0 Å². The summed E-state index contributed by atoms with van der Waals surface area (Å²) in [4.78, 5) is 14.8. The molecular weight excluding hydrogens is 304 g/mol. The zero-order chi connectivity index (χ0) is 14.8. The maximum Gasteiger partial charge on any atom is 0.240 e. The summed E-state index contributed by atoms with van der Waals surface area (Å²) in [5, 5.41) is -0.110. The molecule has 1 aliphatic rings. The van der Waals surface area contributed by atoms with Crippen molar-refractivity contribution in [2.24, 2.45) is 11.1 Å². The van der Waals surface area contributed by atoms with E-state index in [-0.39, 0.29) is 35.0 Å². The molecule has 0 bridgehead atoms. The van der Waals surface area contributed by atoms with Crippen molar-refractivity contribution in [3.05, 3.63) is 35.9 Å². The number of hydrogen-bond acceptors (Lipinski definition) is 3. The molecule has 1 aromatic carbocycles. The molecule has 1 saturated heterocycles.